The Morgan fingerprint density at radius 1 is 0.958 bits per heavy atom. The smallest absolute Gasteiger partial charge is 0.342 e. The molecule has 0 aromatic heterocycles. The molecule has 1 saturated heterocycles. The fourth-order valence-electron chi connectivity index (χ4n) is 4.38. The molecule has 6 nitrogen and oxygen atoms in total. The van der Waals surface area contributed by atoms with Crippen molar-refractivity contribution in [1.82, 2.24) is 0 Å². The third-order valence-corrected chi connectivity index (χ3v) is 5.84. The number of fused-ring (bicyclic) bond motifs is 2. The van der Waals surface area contributed by atoms with Crippen LogP contribution in [0.4, 0.5) is 0 Å². The lowest BCUT2D eigenvalue weighted by atomic mass is 9.74. The molecule has 4 aliphatic rings. The van der Waals surface area contributed by atoms with Crippen molar-refractivity contribution in [3.05, 3.63) is 22.8 Å². The number of carbonyl (C=O) groups is 4. The Labute approximate surface area is 138 Å². The molecule has 24 heavy (non-hydrogen) atoms. The molecule has 0 unspecified atom stereocenters. The van der Waals surface area contributed by atoms with Crippen LogP contribution in [-0.2, 0) is 28.7 Å². The minimum atomic E-state index is -1.23. The van der Waals surface area contributed by atoms with Crippen molar-refractivity contribution in [1.29, 1.82) is 0 Å². The van der Waals surface area contributed by atoms with Crippen LogP contribution in [0.1, 0.15) is 45.4 Å². The van der Waals surface area contributed by atoms with Gasteiger partial charge in [-0.1, -0.05) is 18.9 Å². The van der Waals surface area contributed by atoms with E-state index in [4.69, 9.17) is 9.47 Å². The molecule has 0 aromatic rings. The van der Waals surface area contributed by atoms with Gasteiger partial charge >= 0.3 is 23.9 Å². The highest BCUT2D eigenvalue weighted by Gasteiger charge is 2.54. The van der Waals surface area contributed by atoms with Crippen LogP contribution in [0, 0.1) is 17.3 Å². The van der Waals surface area contributed by atoms with Crippen LogP contribution in [0.25, 0.3) is 0 Å². The van der Waals surface area contributed by atoms with E-state index in [1.165, 1.54) is 0 Å². The summed E-state index contributed by atoms with van der Waals surface area (Å²) < 4.78 is 9.63. The largest absolute Gasteiger partial charge is 0.389 e. The Balaban J connectivity index is 1.89. The highest BCUT2D eigenvalue weighted by atomic mass is 16.6. The molecule has 0 aromatic carbocycles. The van der Waals surface area contributed by atoms with E-state index in [9.17, 15) is 19.2 Å². The van der Waals surface area contributed by atoms with Crippen molar-refractivity contribution in [3.8, 4) is 0 Å². The van der Waals surface area contributed by atoms with Gasteiger partial charge in [-0.2, -0.15) is 0 Å². The van der Waals surface area contributed by atoms with E-state index in [0.717, 1.165) is 25.7 Å². The van der Waals surface area contributed by atoms with Crippen molar-refractivity contribution in [2.24, 2.45) is 17.3 Å². The Bertz CT molecular complexity index is 743. The van der Waals surface area contributed by atoms with Crippen LogP contribution >= 0.6 is 0 Å². The molecule has 6 heteroatoms. The predicted molar refractivity (Wildman–Crippen MR) is 80.1 cm³/mol. The summed E-state index contributed by atoms with van der Waals surface area (Å²) in [4.78, 5) is 48.7. The first-order valence-corrected chi connectivity index (χ1v) is 8.37. The van der Waals surface area contributed by atoms with Gasteiger partial charge in [0.25, 0.3) is 0 Å². The first kappa shape index (κ1) is 15.3. The minimum absolute atomic E-state index is 0.0250. The quantitative estimate of drug-likeness (QED) is 0.498. The molecule has 1 saturated carbocycles. The van der Waals surface area contributed by atoms with E-state index in [1.54, 1.807) is 6.92 Å². The van der Waals surface area contributed by atoms with Crippen LogP contribution in [0.3, 0.4) is 0 Å². The van der Waals surface area contributed by atoms with Crippen LogP contribution < -0.4 is 0 Å². The average Bonchev–Trinajstić information content (AvgIpc) is 2.92. The fraction of sp³-hybridized carbons (Fsp3) is 0.556. The van der Waals surface area contributed by atoms with Crippen molar-refractivity contribution >= 4 is 23.9 Å². The first-order chi connectivity index (χ1) is 11.4. The van der Waals surface area contributed by atoms with Gasteiger partial charge in [0.05, 0.1) is 5.57 Å². The van der Waals surface area contributed by atoms with Crippen molar-refractivity contribution < 1.29 is 28.7 Å². The molecule has 4 rings (SSSR count). The fourth-order valence-corrected chi connectivity index (χ4v) is 4.38. The van der Waals surface area contributed by atoms with Crippen molar-refractivity contribution in [2.75, 3.05) is 0 Å². The summed E-state index contributed by atoms with van der Waals surface area (Å²) in [5.41, 5.74) is -0.301. The van der Waals surface area contributed by atoms with Gasteiger partial charge in [0.15, 0.2) is 0 Å². The molecule has 0 radical (unpaired) electrons. The lowest BCUT2D eigenvalue weighted by Crippen LogP contribution is -2.27. The number of rotatable bonds is 0. The topological polar surface area (TPSA) is 86.7 Å². The summed E-state index contributed by atoms with van der Waals surface area (Å²) in [6, 6.07) is 0. The Kier molecular flexibility index (Phi) is 3.27. The number of carbonyl (C=O) groups excluding carboxylic acids is 4. The van der Waals surface area contributed by atoms with Crippen molar-refractivity contribution in [2.45, 2.75) is 45.4 Å². The summed E-state index contributed by atoms with van der Waals surface area (Å²) in [7, 11) is 0. The van der Waals surface area contributed by atoms with E-state index >= 15 is 0 Å². The zero-order valence-electron chi connectivity index (χ0n) is 13.4. The number of allylic oxidation sites excluding steroid dienone is 1. The molecular weight excluding hydrogens is 312 g/mol. The minimum Gasteiger partial charge on any atom is -0.389 e. The number of hydrogen-bond donors (Lipinski definition) is 0. The van der Waals surface area contributed by atoms with Gasteiger partial charge in [0.2, 0.25) is 0 Å². The molecule has 2 aliphatic heterocycles. The second-order valence-corrected chi connectivity index (χ2v) is 7.31. The molecule has 0 amide bonds. The van der Waals surface area contributed by atoms with Gasteiger partial charge in [0.1, 0.15) is 5.41 Å². The van der Waals surface area contributed by atoms with E-state index < -0.39 is 29.3 Å². The number of cyclic esters (lactones) is 4. The predicted octanol–water partition coefficient (Wildman–Crippen LogP) is 1.98. The second kappa shape index (κ2) is 5.13. The van der Waals surface area contributed by atoms with E-state index in [1.807, 2.05) is 6.08 Å². The summed E-state index contributed by atoms with van der Waals surface area (Å²) >= 11 is 0. The Morgan fingerprint density at radius 2 is 1.67 bits per heavy atom. The summed E-state index contributed by atoms with van der Waals surface area (Å²) in [6.07, 6.45) is 6.23. The zero-order chi connectivity index (χ0) is 17.1. The summed E-state index contributed by atoms with van der Waals surface area (Å²) in [5, 5.41) is 0. The zero-order valence-corrected chi connectivity index (χ0v) is 13.4. The highest BCUT2D eigenvalue weighted by Crippen LogP contribution is 2.48. The maximum atomic E-state index is 12.3. The second-order valence-electron chi connectivity index (χ2n) is 7.31. The Morgan fingerprint density at radius 3 is 2.46 bits per heavy atom. The van der Waals surface area contributed by atoms with E-state index in [2.05, 4.69) is 0 Å². The molecule has 0 N–H and O–H groups in total. The normalized spacial score (nSPS) is 38.1. The molecule has 126 valence electrons. The standard InChI is InChI=1S/C18H18O6/c1-18-8-12-11(14(19)23-15(12)20)6-9-4-2-3-5-10(9)7-13(18)16(21)24-17(18)22/h7,9-10H,2-6,8H2,1H3/b13-7-/t9-,10+,18+/m0/s1. The third kappa shape index (κ3) is 2.08. The lowest BCUT2D eigenvalue weighted by Gasteiger charge is -2.30. The molecule has 0 spiro atoms. The monoisotopic (exact) mass is 330 g/mol. The third-order valence-electron chi connectivity index (χ3n) is 5.84. The van der Waals surface area contributed by atoms with Crippen LogP contribution in [0.15, 0.2) is 22.8 Å². The van der Waals surface area contributed by atoms with Gasteiger partial charge in [0, 0.05) is 17.6 Å². The molecule has 2 heterocycles. The van der Waals surface area contributed by atoms with Gasteiger partial charge in [-0.3, -0.25) is 4.79 Å². The van der Waals surface area contributed by atoms with Gasteiger partial charge in [-0.05, 0) is 38.0 Å². The molecule has 3 atom stereocenters. The van der Waals surface area contributed by atoms with E-state index in [-0.39, 0.29) is 23.8 Å². The summed E-state index contributed by atoms with van der Waals surface area (Å²) in [5.74, 6) is -2.33. The molecular formula is C18H18O6. The van der Waals surface area contributed by atoms with Gasteiger partial charge in [-0.15, -0.1) is 0 Å². The van der Waals surface area contributed by atoms with Crippen molar-refractivity contribution in [3.63, 3.8) is 0 Å². The highest BCUT2D eigenvalue weighted by molar-refractivity contribution is 6.14. The first-order valence-electron chi connectivity index (χ1n) is 8.37. The number of hydrogen-bond acceptors (Lipinski definition) is 6. The molecule has 2 fully saturated rings. The SMILES string of the molecule is C[C@@]12CC3=C(C[C@@H]4CCCC[C@@H]4/C=C\1C(=O)OC2=O)C(=O)OC3=O. The van der Waals surface area contributed by atoms with Gasteiger partial charge in [-0.25, -0.2) is 14.4 Å². The molecule has 0 bridgehead atoms. The van der Waals surface area contributed by atoms with Crippen LogP contribution in [0.5, 0.6) is 0 Å². The van der Waals surface area contributed by atoms with Crippen LogP contribution in [-0.4, -0.2) is 23.9 Å². The van der Waals surface area contributed by atoms with E-state index in [0.29, 0.717) is 17.6 Å². The number of esters is 4. The molecule has 2 aliphatic carbocycles. The lowest BCUT2D eigenvalue weighted by molar-refractivity contribution is -0.154. The summed E-state index contributed by atoms with van der Waals surface area (Å²) in [6.45, 7) is 1.61. The maximum Gasteiger partial charge on any atom is 0.342 e. The number of ether oxygens (including phenoxy) is 2. The van der Waals surface area contributed by atoms with Crippen LogP contribution in [0.2, 0.25) is 0 Å². The Hall–Kier alpha value is -2.24. The maximum absolute atomic E-state index is 12.3. The average molecular weight is 330 g/mol. The van der Waals surface area contributed by atoms with Gasteiger partial charge < -0.3 is 9.47 Å².